The van der Waals surface area contributed by atoms with Gasteiger partial charge in [-0.25, -0.2) is 0 Å². The van der Waals surface area contributed by atoms with Crippen LogP contribution in [0.5, 0.6) is 0 Å². The summed E-state index contributed by atoms with van der Waals surface area (Å²) >= 11 is 6.00. The quantitative estimate of drug-likeness (QED) is 0.746. The molecule has 0 saturated heterocycles. The molecule has 3 aromatic rings. The molecule has 1 heterocycles. The van der Waals surface area contributed by atoms with Crippen molar-refractivity contribution in [2.75, 3.05) is 5.73 Å². The molecule has 3 rings (SSSR count). The van der Waals surface area contributed by atoms with Gasteiger partial charge in [0.1, 0.15) is 0 Å². The first-order valence-electron chi connectivity index (χ1n) is 6.55. The fourth-order valence-electron chi connectivity index (χ4n) is 2.11. The van der Waals surface area contributed by atoms with Gasteiger partial charge in [-0.1, -0.05) is 46.6 Å². The fourth-order valence-corrected chi connectivity index (χ4v) is 2.29. The minimum absolute atomic E-state index is 0.444. The number of anilines is 1. The average Bonchev–Trinajstić information content (AvgIpc) is 2.90. The Bertz CT molecular complexity index is 783. The van der Waals surface area contributed by atoms with Gasteiger partial charge in [0, 0.05) is 12.0 Å². The second-order valence-electron chi connectivity index (χ2n) is 4.92. The van der Waals surface area contributed by atoms with Crippen molar-refractivity contribution in [2.45, 2.75) is 13.3 Å². The number of halogens is 1. The van der Waals surface area contributed by atoms with Crippen molar-refractivity contribution in [3.05, 3.63) is 64.4 Å². The van der Waals surface area contributed by atoms with E-state index in [0.29, 0.717) is 28.8 Å². The lowest BCUT2D eigenvalue weighted by molar-refractivity contribution is 0.424. The summed E-state index contributed by atoms with van der Waals surface area (Å²) in [6.45, 7) is 2.06. The number of nitrogens with two attached hydrogens (primary N) is 1. The zero-order valence-corrected chi connectivity index (χ0v) is 12.3. The average molecular weight is 300 g/mol. The molecule has 0 fully saturated rings. The summed E-state index contributed by atoms with van der Waals surface area (Å²) < 4.78 is 5.29. The van der Waals surface area contributed by atoms with Crippen LogP contribution in [0, 0.1) is 6.92 Å². The van der Waals surface area contributed by atoms with Crippen molar-refractivity contribution in [3.8, 4) is 11.5 Å². The molecule has 0 aliphatic carbocycles. The molecule has 0 amide bonds. The number of aromatic nitrogens is 2. The first kappa shape index (κ1) is 13.6. The highest BCUT2D eigenvalue weighted by molar-refractivity contribution is 6.33. The molecule has 0 saturated carbocycles. The monoisotopic (exact) mass is 299 g/mol. The van der Waals surface area contributed by atoms with Crippen LogP contribution < -0.4 is 5.73 Å². The standard InChI is InChI=1S/C16H14ClN3O/c1-10-3-2-4-11(7-10)8-15-19-16(21-20-15)12-5-6-14(18)13(17)9-12/h2-7,9H,8,18H2,1H3. The van der Waals surface area contributed by atoms with Crippen molar-refractivity contribution in [2.24, 2.45) is 0 Å². The summed E-state index contributed by atoms with van der Waals surface area (Å²) in [6, 6.07) is 13.5. The lowest BCUT2D eigenvalue weighted by Crippen LogP contribution is -1.91. The van der Waals surface area contributed by atoms with Crippen molar-refractivity contribution in [3.63, 3.8) is 0 Å². The van der Waals surface area contributed by atoms with Gasteiger partial charge in [-0.05, 0) is 30.7 Å². The Kier molecular flexibility index (Phi) is 3.62. The lowest BCUT2D eigenvalue weighted by Gasteiger charge is -1.99. The van der Waals surface area contributed by atoms with Crippen molar-refractivity contribution < 1.29 is 4.52 Å². The molecule has 0 radical (unpaired) electrons. The summed E-state index contributed by atoms with van der Waals surface area (Å²) in [5, 5.41) is 4.49. The Balaban J connectivity index is 1.84. The number of nitrogen functional groups attached to an aromatic ring is 1. The van der Waals surface area contributed by atoms with Crippen LogP contribution in [0.3, 0.4) is 0 Å². The van der Waals surface area contributed by atoms with Crippen molar-refractivity contribution in [1.82, 2.24) is 10.1 Å². The normalized spacial score (nSPS) is 10.8. The van der Waals surface area contributed by atoms with Crippen LogP contribution >= 0.6 is 11.6 Å². The molecule has 106 valence electrons. The van der Waals surface area contributed by atoms with E-state index in [9.17, 15) is 0 Å². The molecular weight excluding hydrogens is 286 g/mol. The summed E-state index contributed by atoms with van der Waals surface area (Å²) in [7, 11) is 0. The van der Waals surface area contributed by atoms with Gasteiger partial charge in [-0.15, -0.1) is 0 Å². The first-order chi connectivity index (χ1) is 10.1. The predicted molar refractivity (Wildman–Crippen MR) is 83.1 cm³/mol. The number of hydrogen-bond donors (Lipinski definition) is 1. The Labute approximate surface area is 127 Å². The van der Waals surface area contributed by atoms with Gasteiger partial charge in [0.25, 0.3) is 5.89 Å². The van der Waals surface area contributed by atoms with Gasteiger partial charge in [0.2, 0.25) is 0 Å². The third kappa shape index (κ3) is 3.06. The molecule has 2 N–H and O–H groups in total. The lowest BCUT2D eigenvalue weighted by atomic mass is 10.1. The number of aryl methyl sites for hydroxylation is 1. The van der Waals surface area contributed by atoms with Crippen LogP contribution in [-0.2, 0) is 6.42 Å². The molecule has 5 heteroatoms. The maximum absolute atomic E-state index is 6.00. The Morgan fingerprint density at radius 3 is 2.81 bits per heavy atom. The Morgan fingerprint density at radius 1 is 1.19 bits per heavy atom. The first-order valence-corrected chi connectivity index (χ1v) is 6.93. The van der Waals surface area contributed by atoms with E-state index in [1.54, 1.807) is 12.1 Å². The largest absolute Gasteiger partial charge is 0.398 e. The third-order valence-corrected chi connectivity index (χ3v) is 3.49. The van der Waals surface area contributed by atoms with Gasteiger partial charge in [0.15, 0.2) is 5.82 Å². The zero-order chi connectivity index (χ0) is 14.8. The summed E-state index contributed by atoms with van der Waals surface area (Å²) in [5.41, 5.74) is 9.34. The second-order valence-corrected chi connectivity index (χ2v) is 5.33. The van der Waals surface area contributed by atoms with Crippen LogP contribution in [-0.4, -0.2) is 10.1 Å². The van der Waals surface area contributed by atoms with Crippen molar-refractivity contribution in [1.29, 1.82) is 0 Å². The molecule has 0 aliphatic heterocycles. The van der Waals surface area contributed by atoms with Crippen LogP contribution in [0.2, 0.25) is 5.02 Å². The highest BCUT2D eigenvalue weighted by atomic mass is 35.5. The van der Waals surface area contributed by atoms with Gasteiger partial charge in [0.05, 0.1) is 10.7 Å². The van der Waals surface area contributed by atoms with Gasteiger partial charge >= 0.3 is 0 Å². The summed E-state index contributed by atoms with van der Waals surface area (Å²) in [6.07, 6.45) is 0.633. The van der Waals surface area contributed by atoms with E-state index in [-0.39, 0.29) is 0 Å². The fraction of sp³-hybridized carbons (Fsp3) is 0.125. The second kappa shape index (κ2) is 5.58. The molecule has 1 aromatic heterocycles. The van der Waals surface area contributed by atoms with Gasteiger partial charge in [-0.3, -0.25) is 0 Å². The van der Waals surface area contributed by atoms with E-state index in [1.807, 2.05) is 18.2 Å². The maximum Gasteiger partial charge on any atom is 0.257 e. The van der Waals surface area contributed by atoms with Crippen molar-refractivity contribution >= 4 is 17.3 Å². The molecular formula is C16H14ClN3O. The minimum atomic E-state index is 0.444. The molecule has 21 heavy (non-hydrogen) atoms. The summed E-state index contributed by atoms with van der Waals surface area (Å²) in [4.78, 5) is 4.40. The number of rotatable bonds is 3. The smallest absolute Gasteiger partial charge is 0.257 e. The topological polar surface area (TPSA) is 64.9 Å². The van der Waals surface area contributed by atoms with Gasteiger partial charge in [-0.2, -0.15) is 4.98 Å². The number of hydrogen-bond acceptors (Lipinski definition) is 4. The van der Waals surface area contributed by atoms with E-state index in [4.69, 9.17) is 21.9 Å². The van der Waals surface area contributed by atoms with E-state index in [1.165, 1.54) is 5.56 Å². The molecule has 0 unspecified atom stereocenters. The SMILES string of the molecule is Cc1cccc(Cc2noc(-c3ccc(N)c(Cl)c3)n2)c1. The number of benzene rings is 2. The highest BCUT2D eigenvalue weighted by Crippen LogP contribution is 2.26. The minimum Gasteiger partial charge on any atom is -0.398 e. The molecule has 0 bridgehead atoms. The Morgan fingerprint density at radius 2 is 2.05 bits per heavy atom. The van der Waals surface area contributed by atoms with E-state index in [2.05, 4.69) is 29.2 Å². The van der Waals surface area contributed by atoms with Gasteiger partial charge < -0.3 is 10.3 Å². The predicted octanol–water partition coefficient (Wildman–Crippen LogP) is 3.87. The van der Waals surface area contributed by atoms with E-state index < -0.39 is 0 Å². The molecule has 2 aromatic carbocycles. The molecule has 4 nitrogen and oxygen atoms in total. The maximum atomic E-state index is 6.00. The third-order valence-electron chi connectivity index (χ3n) is 3.16. The highest BCUT2D eigenvalue weighted by Gasteiger charge is 2.10. The molecule has 0 atom stereocenters. The zero-order valence-electron chi connectivity index (χ0n) is 11.5. The van der Waals surface area contributed by atoms with Crippen LogP contribution in [0.4, 0.5) is 5.69 Å². The van der Waals surface area contributed by atoms with E-state index >= 15 is 0 Å². The Hall–Kier alpha value is -2.33. The number of nitrogens with zero attached hydrogens (tertiary/aromatic N) is 2. The molecule has 0 aliphatic rings. The van der Waals surface area contributed by atoms with Crippen LogP contribution in [0.25, 0.3) is 11.5 Å². The van der Waals surface area contributed by atoms with Crippen LogP contribution in [0.15, 0.2) is 47.0 Å². The van der Waals surface area contributed by atoms with E-state index in [0.717, 1.165) is 11.1 Å². The van der Waals surface area contributed by atoms with Crippen LogP contribution in [0.1, 0.15) is 17.0 Å². The molecule has 0 spiro atoms. The summed E-state index contributed by atoms with van der Waals surface area (Å²) in [5.74, 6) is 1.09.